The normalized spacial score (nSPS) is 13.7. The molecule has 1 N–H and O–H groups in total. The molecule has 0 aliphatic rings. The van der Waals surface area contributed by atoms with Crippen LogP contribution >= 0.6 is 0 Å². The van der Waals surface area contributed by atoms with Gasteiger partial charge in [0.1, 0.15) is 6.10 Å². The lowest BCUT2D eigenvalue weighted by Gasteiger charge is -2.35. The first-order valence-corrected chi connectivity index (χ1v) is 6.45. The second-order valence-electron chi connectivity index (χ2n) is 4.48. The smallest absolute Gasteiger partial charge is 0.108 e. The lowest BCUT2D eigenvalue weighted by molar-refractivity contribution is -0.109. The van der Waals surface area contributed by atoms with Crippen LogP contribution in [0, 0.1) is 0 Å². The van der Waals surface area contributed by atoms with Crippen molar-refractivity contribution >= 4 is 0 Å². The highest BCUT2D eigenvalue weighted by Crippen LogP contribution is 2.34. The van der Waals surface area contributed by atoms with E-state index < -0.39 is 11.7 Å². The molecule has 0 amide bonds. The van der Waals surface area contributed by atoms with Crippen molar-refractivity contribution in [1.82, 2.24) is 0 Å². The summed E-state index contributed by atoms with van der Waals surface area (Å²) in [5, 5.41) is 10.5. The van der Waals surface area contributed by atoms with Gasteiger partial charge in [0.25, 0.3) is 0 Å². The Hall–Kier alpha value is -0.860. The van der Waals surface area contributed by atoms with E-state index in [2.05, 4.69) is 32.9 Å². The molecule has 1 atom stereocenters. The number of ether oxygens (including phenoxy) is 1. The molecule has 2 heteroatoms. The molecule has 96 valence electrons. The van der Waals surface area contributed by atoms with Gasteiger partial charge in [-0.3, -0.25) is 0 Å². The molecule has 2 nitrogen and oxygen atoms in total. The predicted octanol–water partition coefficient (Wildman–Crippen LogP) is 3.49. The Labute approximate surface area is 105 Å². The Morgan fingerprint density at radius 3 is 2.35 bits per heavy atom. The fourth-order valence-electron chi connectivity index (χ4n) is 2.32. The van der Waals surface area contributed by atoms with Crippen molar-refractivity contribution < 1.29 is 9.84 Å². The van der Waals surface area contributed by atoms with E-state index in [4.69, 9.17) is 4.74 Å². The third-order valence-electron chi connectivity index (χ3n) is 3.78. The number of aliphatic hydroxyl groups is 1. The summed E-state index contributed by atoms with van der Waals surface area (Å²) in [6.45, 7) is 6.23. The monoisotopic (exact) mass is 236 g/mol. The first-order valence-electron chi connectivity index (χ1n) is 6.45. The van der Waals surface area contributed by atoms with Crippen molar-refractivity contribution in [1.29, 1.82) is 0 Å². The first-order chi connectivity index (χ1) is 8.13. The quantitative estimate of drug-likeness (QED) is 0.819. The minimum atomic E-state index is -0.561. The third-order valence-corrected chi connectivity index (χ3v) is 3.78. The van der Waals surface area contributed by atoms with Crippen LogP contribution in [0.1, 0.15) is 50.8 Å². The van der Waals surface area contributed by atoms with E-state index >= 15 is 0 Å². The molecule has 0 aliphatic carbocycles. The molecule has 0 radical (unpaired) electrons. The maximum absolute atomic E-state index is 10.5. The molecule has 0 saturated carbocycles. The van der Waals surface area contributed by atoms with Crippen molar-refractivity contribution in [2.75, 3.05) is 7.11 Å². The molecular formula is C15H24O2. The van der Waals surface area contributed by atoms with Gasteiger partial charge in [0, 0.05) is 7.11 Å². The molecule has 0 aliphatic heterocycles. The molecule has 17 heavy (non-hydrogen) atoms. The van der Waals surface area contributed by atoms with Gasteiger partial charge < -0.3 is 9.84 Å². The van der Waals surface area contributed by atoms with Gasteiger partial charge in [0.05, 0.1) is 5.60 Å². The van der Waals surface area contributed by atoms with Crippen LogP contribution in [0.2, 0.25) is 0 Å². The number of hydrogen-bond acceptors (Lipinski definition) is 2. The van der Waals surface area contributed by atoms with E-state index in [1.165, 1.54) is 5.56 Å². The van der Waals surface area contributed by atoms with Crippen LogP contribution in [0.25, 0.3) is 0 Å². The third kappa shape index (κ3) is 2.88. The van der Waals surface area contributed by atoms with Crippen LogP contribution in [0.4, 0.5) is 0 Å². The average molecular weight is 236 g/mol. The predicted molar refractivity (Wildman–Crippen MR) is 71.1 cm³/mol. The van der Waals surface area contributed by atoms with Crippen LogP contribution in [0.5, 0.6) is 0 Å². The van der Waals surface area contributed by atoms with Crippen LogP contribution < -0.4 is 0 Å². The number of benzene rings is 1. The summed E-state index contributed by atoms with van der Waals surface area (Å²) in [5.74, 6) is 0. The van der Waals surface area contributed by atoms with Crippen molar-refractivity contribution in [2.45, 2.75) is 51.7 Å². The minimum Gasteiger partial charge on any atom is -0.385 e. The molecule has 1 aromatic rings. The van der Waals surface area contributed by atoms with Gasteiger partial charge in [-0.15, -0.1) is 0 Å². The lowest BCUT2D eigenvalue weighted by atomic mass is 9.85. The Bertz CT molecular complexity index is 334. The summed E-state index contributed by atoms with van der Waals surface area (Å²) in [7, 11) is 1.68. The van der Waals surface area contributed by atoms with Gasteiger partial charge in [-0.25, -0.2) is 0 Å². The number of aliphatic hydroxyl groups excluding tert-OH is 1. The second-order valence-corrected chi connectivity index (χ2v) is 4.48. The van der Waals surface area contributed by atoms with Crippen molar-refractivity contribution in [3.8, 4) is 0 Å². The fraction of sp³-hybridized carbons (Fsp3) is 0.600. The first kappa shape index (κ1) is 14.2. The average Bonchev–Trinajstić information content (AvgIpc) is 2.41. The van der Waals surface area contributed by atoms with E-state index in [0.29, 0.717) is 0 Å². The Morgan fingerprint density at radius 2 is 1.88 bits per heavy atom. The van der Waals surface area contributed by atoms with Crippen LogP contribution in [0.3, 0.4) is 0 Å². The zero-order chi connectivity index (χ0) is 12.9. The topological polar surface area (TPSA) is 29.5 Å². The Morgan fingerprint density at radius 1 is 1.24 bits per heavy atom. The summed E-state index contributed by atoms with van der Waals surface area (Å²) in [4.78, 5) is 0. The van der Waals surface area contributed by atoms with Crippen molar-refractivity contribution in [2.24, 2.45) is 0 Å². The van der Waals surface area contributed by atoms with E-state index in [1.807, 2.05) is 12.1 Å². The second kappa shape index (κ2) is 6.18. The van der Waals surface area contributed by atoms with Gasteiger partial charge in [0.15, 0.2) is 0 Å². The van der Waals surface area contributed by atoms with E-state index in [-0.39, 0.29) is 0 Å². The number of hydrogen-bond donors (Lipinski definition) is 1. The zero-order valence-corrected chi connectivity index (χ0v) is 11.4. The van der Waals surface area contributed by atoms with Gasteiger partial charge in [-0.2, -0.15) is 0 Å². The van der Waals surface area contributed by atoms with E-state index in [9.17, 15) is 5.11 Å². The number of aryl methyl sites for hydroxylation is 1. The number of rotatable bonds is 6. The van der Waals surface area contributed by atoms with E-state index in [1.54, 1.807) is 7.11 Å². The molecular weight excluding hydrogens is 212 g/mol. The minimum absolute atomic E-state index is 0.466. The van der Waals surface area contributed by atoms with Crippen LogP contribution in [-0.4, -0.2) is 17.8 Å². The largest absolute Gasteiger partial charge is 0.385 e. The van der Waals surface area contributed by atoms with Gasteiger partial charge in [0.2, 0.25) is 0 Å². The molecule has 1 rings (SSSR count). The molecule has 0 aromatic heterocycles. The standard InChI is InChI=1S/C15H24O2/c1-5-12-9-8-10-13(11-12)14(16)15(6-2,7-3)17-4/h8-11,14,16H,5-7H2,1-4H3. The van der Waals surface area contributed by atoms with Crippen molar-refractivity contribution in [3.63, 3.8) is 0 Å². The lowest BCUT2D eigenvalue weighted by Crippen LogP contribution is -2.37. The summed E-state index contributed by atoms with van der Waals surface area (Å²) in [6, 6.07) is 8.14. The molecule has 0 fully saturated rings. The van der Waals surface area contributed by atoms with Gasteiger partial charge in [-0.1, -0.05) is 45.0 Å². The highest BCUT2D eigenvalue weighted by atomic mass is 16.5. The summed E-state index contributed by atoms with van der Waals surface area (Å²) in [5.41, 5.74) is 1.74. The summed E-state index contributed by atoms with van der Waals surface area (Å²) >= 11 is 0. The molecule has 1 aromatic carbocycles. The number of methoxy groups -OCH3 is 1. The fourth-order valence-corrected chi connectivity index (χ4v) is 2.32. The zero-order valence-electron chi connectivity index (χ0n) is 11.4. The summed E-state index contributed by atoms with van der Waals surface area (Å²) in [6.07, 6.45) is 2.03. The van der Waals surface area contributed by atoms with E-state index in [0.717, 1.165) is 24.8 Å². The van der Waals surface area contributed by atoms with Gasteiger partial charge in [-0.05, 0) is 30.4 Å². The molecule has 0 spiro atoms. The SMILES string of the molecule is CCc1cccc(C(O)C(CC)(CC)OC)c1. The van der Waals surface area contributed by atoms with Crippen LogP contribution in [-0.2, 0) is 11.2 Å². The Balaban J connectivity index is 3.04. The molecule has 1 unspecified atom stereocenters. The van der Waals surface area contributed by atoms with Crippen molar-refractivity contribution in [3.05, 3.63) is 35.4 Å². The maximum Gasteiger partial charge on any atom is 0.108 e. The molecule has 0 bridgehead atoms. The highest BCUT2D eigenvalue weighted by Gasteiger charge is 2.35. The van der Waals surface area contributed by atoms with Crippen LogP contribution in [0.15, 0.2) is 24.3 Å². The summed E-state index contributed by atoms with van der Waals surface area (Å²) < 4.78 is 5.58. The highest BCUT2D eigenvalue weighted by molar-refractivity contribution is 5.27. The molecule has 0 heterocycles. The van der Waals surface area contributed by atoms with Gasteiger partial charge >= 0.3 is 0 Å². The Kier molecular flexibility index (Phi) is 5.16. The maximum atomic E-state index is 10.5. The molecule has 0 saturated heterocycles.